The third kappa shape index (κ3) is 4.97. The third-order valence-electron chi connectivity index (χ3n) is 5.31. The Morgan fingerprint density at radius 1 is 1.11 bits per heavy atom. The minimum atomic E-state index is -4.00. The molecule has 0 saturated carbocycles. The minimum absolute atomic E-state index is 0.0959. The molecule has 184 valence electrons. The number of hydrogen-bond donors (Lipinski definition) is 2. The Hall–Kier alpha value is -3.55. The molecule has 0 spiro atoms. The number of aryl methyl sites for hydroxylation is 1. The van der Waals surface area contributed by atoms with Crippen molar-refractivity contribution in [2.24, 2.45) is 14.1 Å². The first-order chi connectivity index (χ1) is 16.6. The van der Waals surface area contributed by atoms with E-state index in [1.807, 2.05) is 13.0 Å². The second-order valence-electron chi connectivity index (χ2n) is 7.66. The maximum absolute atomic E-state index is 12.7. The Morgan fingerprint density at radius 2 is 1.89 bits per heavy atom. The average Bonchev–Trinajstić information content (AvgIpc) is 3.22. The zero-order chi connectivity index (χ0) is 25.3. The van der Waals surface area contributed by atoms with Gasteiger partial charge in [0.1, 0.15) is 5.75 Å². The van der Waals surface area contributed by atoms with E-state index >= 15 is 0 Å². The number of carbonyl (C=O) groups is 1. The molecular formula is C22H23N5O6S2. The number of fused-ring (bicyclic) bond motifs is 2. The highest BCUT2D eigenvalue weighted by Crippen LogP contribution is 2.29. The third-order valence-corrected chi connectivity index (χ3v) is 7.70. The topological polar surface area (TPSA) is 141 Å². The smallest absolute Gasteiger partial charge is 0.330 e. The van der Waals surface area contributed by atoms with E-state index in [0.29, 0.717) is 23.0 Å². The molecule has 0 bridgehead atoms. The molecule has 0 atom stereocenters. The zero-order valence-corrected chi connectivity index (χ0v) is 20.8. The fourth-order valence-corrected chi connectivity index (χ4v) is 5.49. The molecule has 0 aliphatic carbocycles. The molecule has 0 aliphatic rings. The van der Waals surface area contributed by atoms with Gasteiger partial charge in [-0.1, -0.05) is 11.3 Å². The first-order valence-corrected chi connectivity index (χ1v) is 12.9. The molecule has 0 saturated heterocycles. The van der Waals surface area contributed by atoms with Gasteiger partial charge in [-0.2, -0.15) is 0 Å². The van der Waals surface area contributed by atoms with E-state index in [2.05, 4.69) is 15.0 Å². The lowest BCUT2D eigenvalue weighted by molar-refractivity contribution is -0.116. The first-order valence-electron chi connectivity index (χ1n) is 10.6. The Morgan fingerprint density at radius 3 is 2.63 bits per heavy atom. The monoisotopic (exact) mass is 517 g/mol. The predicted molar refractivity (Wildman–Crippen MR) is 134 cm³/mol. The van der Waals surface area contributed by atoms with Crippen LogP contribution in [0.3, 0.4) is 0 Å². The lowest BCUT2D eigenvalue weighted by atomic mass is 10.2. The van der Waals surface area contributed by atoms with Crippen molar-refractivity contribution in [1.82, 2.24) is 18.8 Å². The van der Waals surface area contributed by atoms with Gasteiger partial charge in [-0.3, -0.25) is 18.7 Å². The Balaban J connectivity index is 1.42. The molecule has 35 heavy (non-hydrogen) atoms. The van der Waals surface area contributed by atoms with Crippen LogP contribution in [0.25, 0.3) is 21.1 Å². The van der Waals surface area contributed by atoms with Crippen molar-refractivity contribution in [2.75, 3.05) is 18.5 Å². The average molecular weight is 518 g/mol. The summed E-state index contributed by atoms with van der Waals surface area (Å²) in [6, 6.07) is 9.38. The Kier molecular flexibility index (Phi) is 6.74. The summed E-state index contributed by atoms with van der Waals surface area (Å²) in [7, 11) is -1.17. The molecule has 2 aromatic carbocycles. The minimum Gasteiger partial charge on any atom is -0.494 e. The molecule has 0 radical (unpaired) electrons. The van der Waals surface area contributed by atoms with E-state index in [-0.39, 0.29) is 23.2 Å². The van der Waals surface area contributed by atoms with Crippen LogP contribution >= 0.6 is 11.3 Å². The van der Waals surface area contributed by atoms with Crippen molar-refractivity contribution in [1.29, 1.82) is 0 Å². The van der Waals surface area contributed by atoms with Crippen molar-refractivity contribution in [3.05, 3.63) is 57.2 Å². The van der Waals surface area contributed by atoms with Crippen LogP contribution in [-0.4, -0.2) is 41.6 Å². The lowest BCUT2D eigenvalue weighted by Crippen LogP contribution is -2.37. The quantitative estimate of drug-likeness (QED) is 0.361. The molecule has 4 rings (SSSR count). The summed E-state index contributed by atoms with van der Waals surface area (Å²) < 4.78 is 36.3. The summed E-state index contributed by atoms with van der Waals surface area (Å²) in [6.45, 7) is 2.28. The van der Waals surface area contributed by atoms with E-state index in [0.717, 1.165) is 14.8 Å². The molecule has 4 aromatic rings. The number of sulfonamides is 1. The largest absolute Gasteiger partial charge is 0.494 e. The highest BCUT2D eigenvalue weighted by Gasteiger charge is 2.18. The van der Waals surface area contributed by atoms with Crippen molar-refractivity contribution in [3.8, 4) is 5.75 Å². The summed E-state index contributed by atoms with van der Waals surface area (Å²) in [6.07, 6.45) is -0.122. The highest BCUT2D eigenvalue weighted by molar-refractivity contribution is 7.89. The van der Waals surface area contributed by atoms with Gasteiger partial charge in [0.2, 0.25) is 15.9 Å². The molecule has 2 heterocycles. The molecule has 0 unspecified atom stereocenters. The zero-order valence-electron chi connectivity index (χ0n) is 19.2. The normalized spacial score (nSPS) is 11.7. The van der Waals surface area contributed by atoms with Crippen LogP contribution in [0.4, 0.5) is 5.13 Å². The van der Waals surface area contributed by atoms with E-state index < -0.39 is 27.2 Å². The van der Waals surface area contributed by atoms with Gasteiger partial charge < -0.3 is 10.1 Å². The van der Waals surface area contributed by atoms with Gasteiger partial charge in [-0.05, 0) is 43.3 Å². The fourth-order valence-electron chi connectivity index (χ4n) is 3.52. The molecule has 0 aliphatic heterocycles. The Bertz CT molecular complexity index is 1670. The number of carbonyl (C=O) groups excluding carboxylic acids is 1. The number of anilines is 1. The van der Waals surface area contributed by atoms with E-state index in [9.17, 15) is 22.8 Å². The van der Waals surface area contributed by atoms with Gasteiger partial charge in [0.15, 0.2) is 5.13 Å². The molecular weight excluding hydrogens is 494 g/mol. The molecule has 0 fully saturated rings. The summed E-state index contributed by atoms with van der Waals surface area (Å²) in [5, 5.41) is 3.17. The van der Waals surface area contributed by atoms with Crippen LogP contribution in [0, 0.1) is 0 Å². The van der Waals surface area contributed by atoms with Crippen LogP contribution < -0.4 is 26.0 Å². The van der Waals surface area contributed by atoms with Crippen LogP contribution in [0.2, 0.25) is 0 Å². The number of nitrogens with one attached hydrogen (secondary N) is 2. The molecule has 1 amide bonds. The molecule has 2 aromatic heterocycles. The fraction of sp³-hybridized carbons (Fsp3) is 0.273. The molecule has 13 heteroatoms. The number of benzene rings is 2. The number of aromatic nitrogens is 3. The first kappa shape index (κ1) is 24.6. The summed E-state index contributed by atoms with van der Waals surface area (Å²) in [4.78, 5) is 41.0. The van der Waals surface area contributed by atoms with E-state index in [4.69, 9.17) is 4.74 Å². The number of rotatable bonds is 8. The van der Waals surface area contributed by atoms with Crippen molar-refractivity contribution >= 4 is 53.5 Å². The van der Waals surface area contributed by atoms with Crippen LogP contribution in [0.5, 0.6) is 5.75 Å². The van der Waals surface area contributed by atoms with E-state index in [1.165, 1.54) is 48.2 Å². The summed E-state index contributed by atoms with van der Waals surface area (Å²) in [5.74, 6) is 0.309. The van der Waals surface area contributed by atoms with Crippen molar-refractivity contribution in [2.45, 2.75) is 18.2 Å². The lowest BCUT2D eigenvalue weighted by Gasteiger charge is -2.10. The van der Waals surface area contributed by atoms with Crippen LogP contribution in [0.1, 0.15) is 13.3 Å². The maximum Gasteiger partial charge on any atom is 0.330 e. The SMILES string of the molecule is CCOc1ccc2nc(NC(=O)CCNS(=O)(=O)c3ccc4c(c3)c(=O)n(C)c(=O)n4C)sc2c1. The van der Waals surface area contributed by atoms with Gasteiger partial charge in [-0.25, -0.2) is 22.9 Å². The standard InChI is InChI=1S/C22H23N5O6S2/c1-4-33-13-5-7-16-18(11-13)34-21(24-16)25-19(28)9-10-23-35(31,32)14-6-8-17-15(12-14)20(29)27(3)22(30)26(17)2/h5-8,11-12,23H,4,9-10H2,1-3H3,(H,24,25,28). The maximum atomic E-state index is 12.7. The Labute approximate surface area is 204 Å². The highest BCUT2D eigenvalue weighted by atomic mass is 32.2. The number of thiazole rings is 1. The van der Waals surface area contributed by atoms with Crippen molar-refractivity contribution < 1.29 is 17.9 Å². The molecule has 2 N–H and O–H groups in total. The van der Waals surface area contributed by atoms with Gasteiger partial charge in [0.25, 0.3) is 5.56 Å². The summed E-state index contributed by atoms with van der Waals surface area (Å²) >= 11 is 1.29. The number of amides is 1. The number of hydrogen-bond acceptors (Lipinski definition) is 8. The van der Waals surface area contributed by atoms with Crippen molar-refractivity contribution in [3.63, 3.8) is 0 Å². The van der Waals surface area contributed by atoms with Gasteiger partial charge >= 0.3 is 5.69 Å². The number of nitrogens with zero attached hydrogens (tertiary/aromatic N) is 3. The van der Waals surface area contributed by atoms with Gasteiger partial charge in [-0.15, -0.1) is 0 Å². The van der Waals surface area contributed by atoms with E-state index in [1.54, 1.807) is 12.1 Å². The predicted octanol–water partition coefficient (Wildman–Crippen LogP) is 1.55. The second kappa shape index (κ2) is 9.60. The summed E-state index contributed by atoms with van der Waals surface area (Å²) in [5.41, 5.74) is -0.0658. The van der Waals surface area contributed by atoms with Crippen LogP contribution in [-0.2, 0) is 28.9 Å². The van der Waals surface area contributed by atoms with Gasteiger partial charge in [0, 0.05) is 27.1 Å². The van der Waals surface area contributed by atoms with Gasteiger partial charge in [0.05, 0.1) is 32.6 Å². The second-order valence-corrected chi connectivity index (χ2v) is 10.5. The van der Waals surface area contributed by atoms with Crippen LogP contribution in [0.15, 0.2) is 50.9 Å². The molecule has 11 nitrogen and oxygen atoms in total. The number of ether oxygens (including phenoxy) is 1.